The Morgan fingerprint density at radius 1 is 1.10 bits per heavy atom. The number of hydrogen-bond donors (Lipinski definition) is 0. The van der Waals surface area contributed by atoms with E-state index in [0.717, 1.165) is 24.8 Å². The number of benzene rings is 1. The molecule has 0 radical (unpaired) electrons. The maximum Gasteiger partial charge on any atom is 0.267 e. The van der Waals surface area contributed by atoms with Gasteiger partial charge in [0.05, 0.1) is 5.41 Å². The summed E-state index contributed by atoms with van der Waals surface area (Å²) in [6.45, 7) is 6.61. The second kappa shape index (κ2) is 5.02. The predicted octanol–water partition coefficient (Wildman–Crippen LogP) is 2.27. The fraction of sp³-hybridized carbons (Fsp3) is 0.412. The number of rotatable bonds is 3. The number of hydrogen-bond acceptors (Lipinski definition) is 2. The van der Waals surface area contributed by atoms with E-state index in [-0.39, 0.29) is 11.8 Å². The zero-order valence-corrected chi connectivity index (χ0v) is 12.3. The summed E-state index contributed by atoms with van der Waals surface area (Å²) in [5, 5.41) is 3.20. The van der Waals surface area contributed by atoms with Crippen molar-refractivity contribution in [1.29, 1.82) is 0 Å². The van der Waals surface area contributed by atoms with Crippen molar-refractivity contribution >= 4 is 11.8 Å². The molecular formula is C17H20N2O2. The molecule has 2 amide bonds. The molecule has 1 heterocycles. The van der Waals surface area contributed by atoms with Gasteiger partial charge in [-0.05, 0) is 31.7 Å². The van der Waals surface area contributed by atoms with E-state index < -0.39 is 5.41 Å². The first-order valence-electron chi connectivity index (χ1n) is 7.41. The van der Waals surface area contributed by atoms with Gasteiger partial charge in [0.25, 0.3) is 11.8 Å². The lowest BCUT2D eigenvalue weighted by atomic mass is 9.95. The van der Waals surface area contributed by atoms with Gasteiger partial charge < -0.3 is 0 Å². The van der Waals surface area contributed by atoms with E-state index >= 15 is 0 Å². The van der Waals surface area contributed by atoms with E-state index in [1.165, 1.54) is 0 Å². The molecule has 1 aliphatic carbocycles. The topological polar surface area (TPSA) is 40.6 Å². The zero-order chi connectivity index (χ0) is 15.0. The van der Waals surface area contributed by atoms with Gasteiger partial charge in [-0.2, -0.15) is 0 Å². The molecule has 0 unspecified atom stereocenters. The van der Waals surface area contributed by atoms with Crippen LogP contribution >= 0.6 is 0 Å². The van der Waals surface area contributed by atoms with E-state index in [0.29, 0.717) is 18.7 Å². The van der Waals surface area contributed by atoms with E-state index in [2.05, 4.69) is 6.58 Å². The van der Waals surface area contributed by atoms with E-state index in [4.69, 9.17) is 0 Å². The highest BCUT2D eigenvalue weighted by atomic mass is 16.2. The van der Waals surface area contributed by atoms with Crippen molar-refractivity contribution in [3.05, 3.63) is 48.0 Å². The van der Waals surface area contributed by atoms with Crippen LogP contribution in [0.3, 0.4) is 0 Å². The first-order valence-corrected chi connectivity index (χ1v) is 7.41. The number of nitrogens with zero attached hydrogens (tertiary/aromatic N) is 2. The van der Waals surface area contributed by atoms with Gasteiger partial charge in [0, 0.05) is 18.7 Å². The first-order chi connectivity index (χ1) is 10.1. The standard InChI is InChI=1S/C17H20N2O2/c1-13(2)15(20)18-11-6-12-19(18)16(21)17(9-10-17)14-7-4-3-5-8-14/h3-5,7-8H,1,6,9-12H2,2H3. The van der Waals surface area contributed by atoms with E-state index in [1.54, 1.807) is 16.9 Å². The summed E-state index contributed by atoms with van der Waals surface area (Å²) < 4.78 is 0. The summed E-state index contributed by atoms with van der Waals surface area (Å²) in [4.78, 5) is 25.1. The van der Waals surface area contributed by atoms with E-state index in [1.807, 2.05) is 30.3 Å². The molecule has 0 bridgehead atoms. The molecule has 21 heavy (non-hydrogen) atoms. The summed E-state index contributed by atoms with van der Waals surface area (Å²) in [5.41, 5.74) is 1.11. The molecule has 1 aromatic carbocycles. The molecule has 2 aliphatic rings. The van der Waals surface area contributed by atoms with Crippen molar-refractivity contribution in [2.75, 3.05) is 13.1 Å². The summed E-state index contributed by atoms with van der Waals surface area (Å²) in [5.74, 6) is -0.0921. The van der Waals surface area contributed by atoms with Crippen molar-refractivity contribution in [3.8, 4) is 0 Å². The Balaban J connectivity index is 1.85. The van der Waals surface area contributed by atoms with Gasteiger partial charge in [-0.3, -0.25) is 14.6 Å². The maximum atomic E-state index is 13.0. The van der Waals surface area contributed by atoms with Gasteiger partial charge in [0.15, 0.2) is 0 Å². The Hall–Kier alpha value is -2.10. The van der Waals surface area contributed by atoms with Crippen LogP contribution in [0.25, 0.3) is 0 Å². The summed E-state index contributed by atoms with van der Waals surface area (Å²) >= 11 is 0. The minimum Gasteiger partial charge on any atom is -0.272 e. The lowest BCUT2D eigenvalue weighted by Crippen LogP contribution is -2.49. The van der Waals surface area contributed by atoms with Crippen LogP contribution in [0.4, 0.5) is 0 Å². The van der Waals surface area contributed by atoms with Crippen LogP contribution < -0.4 is 0 Å². The molecule has 1 aliphatic heterocycles. The van der Waals surface area contributed by atoms with Crippen molar-refractivity contribution in [1.82, 2.24) is 10.0 Å². The highest BCUT2D eigenvalue weighted by molar-refractivity contribution is 5.97. The Labute approximate surface area is 125 Å². The third-order valence-electron chi connectivity index (χ3n) is 4.35. The predicted molar refractivity (Wildman–Crippen MR) is 80.2 cm³/mol. The molecule has 110 valence electrons. The Kier molecular flexibility index (Phi) is 3.32. The minimum atomic E-state index is -0.417. The molecule has 0 spiro atoms. The third kappa shape index (κ3) is 2.24. The average Bonchev–Trinajstić information content (AvgIpc) is 3.17. The highest BCUT2D eigenvalue weighted by Gasteiger charge is 2.54. The average molecular weight is 284 g/mol. The minimum absolute atomic E-state index is 0.0563. The SMILES string of the molecule is C=C(C)C(=O)N1CCCN1C(=O)C1(c2ccccc2)CC1. The molecule has 0 aromatic heterocycles. The molecule has 0 N–H and O–H groups in total. The second-order valence-corrected chi connectivity index (χ2v) is 5.94. The van der Waals surface area contributed by atoms with Gasteiger partial charge in [0.2, 0.25) is 0 Å². The van der Waals surface area contributed by atoms with Crippen LogP contribution in [0.5, 0.6) is 0 Å². The van der Waals surface area contributed by atoms with Crippen LogP contribution in [0.1, 0.15) is 31.7 Å². The maximum absolute atomic E-state index is 13.0. The van der Waals surface area contributed by atoms with Crippen LogP contribution in [-0.4, -0.2) is 34.9 Å². The van der Waals surface area contributed by atoms with Crippen LogP contribution in [0, 0.1) is 0 Å². The van der Waals surface area contributed by atoms with Crippen LogP contribution in [-0.2, 0) is 15.0 Å². The van der Waals surface area contributed by atoms with Gasteiger partial charge in [-0.15, -0.1) is 0 Å². The van der Waals surface area contributed by atoms with Crippen molar-refractivity contribution in [2.45, 2.75) is 31.6 Å². The third-order valence-corrected chi connectivity index (χ3v) is 4.35. The zero-order valence-electron chi connectivity index (χ0n) is 12.3. The number of carbonyl (C=O) groups excluding carboxylic acids is 2. The largest absolute Gasteiger partial charge is 0.272 e. The molecule has 4 nitrogen and oxygen atoms in total. The van der Waals surface area contributed by atoms with Crippen molar-refractivity contribution in [2.24, 2.45) is 0 Å². The fourth-order valence-corrected chi connectivity index (χ4v) is 3.01. The summed E-state index contributed by atoms with van der Waals surface area (Å²) in [6, 6.07) is 9.89. The van der Waals surface area contributed by atoms with Crippen LogP contribution in [0.15, 0.2) is 42.5 Å². The molecule has 4 heteroatoms. The van der Waals surface area contributed by atoms with Gasteiger partial charge in [-0.25, -0.2) is 5.01 Å². The molecule has 1 aromatic rings. The van der Waals surface area contributed by atoms with Gasteiger partial charge in [0.1, 0.15) is 0 Å². The Morgan fingerprint density at radius 2 is 1.71 bits per heavy atom. The fourth-order valence-electron chi connectivity index (χ4n) is 3.01. The molecule has 1 saturated carbocycles. The lowest BCUT2D eigenvalue weighted by Gasteiger charge is -2.31. The Bertz CT molecular complexity index is 590. The quantitative estimate of drug-likeness (QED) is 0.799. The second-order valence-electron chi connectivity index (χ2n) is 5.94. The van der Waals surface area contributed by atoms with Gasteiger partial charge >= 0.3 is 0 Å². The molecule has 1 saturated heterocycles. The summed E-state index contributed by atoms with van der Waals surface area (Å²) in [7, 11) is 0. The van der Waals surface area contributed by atoms with Crippen LogP contribution in [0.2, 0.25) is 0 Å². The molecule has 2 fully saturated rings. The number of hydrazine groups is 1. The van der Waals surface area contributed by atoms with E-state index in [9.17, 15) is 9.59 Å². The molecule has 3 rings (SSSR count). The first kappa shape index (κ1) is 13.9. The van der Waals surface area contributed by atoms with Gasteiger partial charge in [-0.1, -0.05) is 36.9 Å². The normalized spacial score (nSPS) is 19.5. The number of amides is 2. The highest BCUT2D eigenvalue weighted by Crippen LogP contribution is 2.50. The monoisotopic (exact) mass is 284 g/mol. The van der Waals surface area contributed by atoms with Crippen molar-refractivity contribution < 1.29 is 9.59 Å². The lowest BCUT2D eigenvalue weighted by molar-refractivity contribution is -0.157. The Morgan fingerprint density at radius 3 is 2.29 bits per heavy atom. The molecule has 0 atom stereocenters. The smallest absolute Gasteiger partial charge is 0.267 e. The molecular weight excluding hydrogens is 264 g/mol. The number of carbonyl (C=O) groups is 2. The summed E-state index contributed by atoms with van der Waals surface area (Å²) in [6.07, 6.45) is 2.55. The van der Waals surface area contributed by atoms with Crippen molar-refractivity contribution in [3.63, 3.8) is 0 Å².